The molecule has 1 unspecified atom stereocenters. The molecule has 1 aliphatic carbocycles. The maximum Gasteiger partial charge on any atom is 0.135 e. The molecule has 0 saturated heterocycles. The number of ether oxygens (including phenoxy) is 1. The van der Waals surface area contributed by atoms with Crippen molar-refractivity contribution >= 4 is 43.9 Å². The Kier molecular flexibility index (Phi) is 5.21. The Balaban J connectivity index is 1.37. The summed E-state index contributed by atoms with van der Waals surface area (Å²) in [5.41, 5.74) is 10.7. The van der Waals surface area contributed by atoms with Gasteiger partial charge in [0.25, 0.3) is 0 Å². The van der Waals surface area contributed by atoms with E-state index in [1.807, 2.05) is 24.3 Å². The van der Waals surface area contributed by atoms with Crippen molar-refractivity contribution in [2.75, 3.05) is 0 Å². The van der Waals surface area contributed by atoms with E-state index in [-0.39, 0.29) is 0 Å². The first-order valence-corrected chi connectivity index (χ1v) is 13.1. The van der Waals surface area contributed by atoms with Crippen LogP contribution < -0.4 is 10.5 Å². The molecule has 0 spiro atoms. The van der Waals surface area contributed by atoms with Gasteiger partial charge in [-0.3, -0.25) is 0 Å². The lowest BCUT2D eigenvalue weighted by atomic mass is 9.72. The molecule has 0 saturated carbocycles. The van der Waals surface area contributed by atoms with Gasteiger partial charge >= 0.3 is 0 Å². The molecule has 0 heterocycles. The van der Waals surface area contributed by atoms with Gasteiger partial charge in [-0.05, 0) is 93.2 Å². The first kappa shape index (κ1) is 22.4. The molecular weight excluding hydrogens is 474 g/mol. The molecule has 0 radical (unpaired) electrons. The SMILES string of the molecule is NC1(c2cccc3ccccc23)CCc2c(ccc3c2cc(Oc2ccc(Cl)cc2)c2ccccc23)C1. The van der Waals surface area contributed by atoms with Crippen LogP contribution in [-0.4, -0.2) is 0 Å². The molecule has 1 aliphatic rings. The third-order valence-corrected chi connectivity index (χ3v) is 8.16. The number of hydrogen-bond acceptors (Lipinski definition) is 2. The van der Waals surface area contributed by atoms with Crippen LogP contribution in [0.2, 0.25) is 5.02 Å². The average Bonchev–Trinajstić information content (AvgIpc) is 2.93. The smallest absolute Gasteiger partial charge is 0.135 e. The van der Waals surface area contributed by atoms with Gasteiger partial charge in [-0.15, -0.1) is 0 Å². The molecule has 2 N–H and O–H groups in total. The first-order valence-electron chi connectivity index (χ1n) is 12.8. The van der Waals surface area contributed by atoms with Crippen molar-refractivity contribution in [3.63, 3.8) is 0 Å². The van der Waals surface area contributed by atoms with Crippen LogP contribution in [0.4, 0.5) is 0 Å². The molecule has 6 aromatic rings. The third-order valence-electron chi connectivity index (χ3n) is 7.91. The molecule has 6 aromatic carbocycles. The summed E-state index contributed by atoms with van der Waals surface area (Å²) in [6.07, 6.45) is 2.63. The minimum absolute atomic E-state index is 0.402. The normalized spacial score (nSPS) is 17.2. The van der Waals surface area contributed by atoms with Gasteiger partial charge in [0.2, 0.25) is 0 Å². The summed E-state index contributed by atoms with van der Waals surface area (Å²) in [5, 5.41) is 8.00. The van der Waals surface area contributed by atoms with Gasteiger partial charge in [-0.1, -0.05) is 90.5 Å². The maximum atomic E-state index is 7.20. The fraction of sp³-hybridized carbons (Fsp3) is 0.118. The summed E-state index contributed by atoms with van der Waals surface area (Å²) in [5.74, 6) is 1.63. The van der Waals surface area contributed by atoms with E-state index in [1.54, 1.807) is 0 Å². The summed E-state index contributed by atoms with van der Waals surface area (Å²) in [4.78, 5) is 0. The second-order valence-corrected chi connectivity index (χ2v) is 10.6. The molecule has 180 valence electrons. The Morgan fingerprint density at radius 2 is 1.38 bits per heavy atom. The van der Waals surface area contributed by atoms with Crippen molar-refractivity contribution < 1.29 is 4.74 Å². The van der Waals surface area contributed by atoms with Crippen LogP contribution in [-0.2, 0) is 18.4 Å². The Morgan fingerprint density at radius 3 is 2.22 bits per heavy atom. The quantitative estimate of drug-likeness (QED) is 0.247. The number of rotatable bonds is 3. The summed E-state index contributed by atoms with van der Waals surface area (Å²) in [6, 6.07) is 37.8. The van der Waals surface area contributed by atoms with Crippen molar-refractivity contribution in [1.82, 2.24) is 0 Å². The van der Waals surface area contributed by atoms with Crippen LogP contribution in [0.25, 0.3) is 32.3 Å². The lowest BCUT2D eigenvalue weighted by molar-refractivity contribution is 0.389. The van der Waals surface area contributed by atoms with Gasteiger partial charge in [0.1, 0.15) is 11.5 Å². The number of aryl methyl sites for hydroxylation is 1. The zero-order chi connectivity index (χ0) is 25.0. The molecule has 0 fully saturated rings. The van der Waals surface area contributed by atoms with E-state index in [0.717, 1.165) is 36.1 Å². The van der Waals surface area contributed by atoms with Crippen LogP contribution in [0, 0.1) is 0 Å². The number of hydrogen-bond donors (Lipinski definition) is 1. The van der Waals surface area contributed by atoms with Crippen LogP contribution in [0.5, 0.6) is 11.5 Å². The van der Waals surface area contributed by atoms with Crippen LogP contribution in [0.15, 0.2) is 109 Å². The van der Waals surface area contributed by atoms with Gasteiger partial charge in [0.15, 0.2) is 0 Å². The molecule has 0 aromatic heterocycles. The van der Waals surface area contributed by atoms with Crippen molar-refractivity contribution in [2.45, 2.75) is 24.8 Å². The number of halogens is 1. The Bertz CT molecular complexity index is 1800. The molecule has 0 aliphatic heterocycles. The van der Waals surface area contributed by atoms with E-state index in [2.05, 4.69) is 84.9 Å². The minimum Gasteiger partial charge on any atom is -0.457 e. The Hall–Kier alpha value is -3.85. The lowest BCUT2D eigenvalue weighted by Crippen LogP contribution is -2.42. The number of nitrogens with two attached hydrogens (primary N) is 1. The zero-order valence-electron chi connectivity index (χ0n) is 20.4. The largest absolute Gasteiger partial charge is 0.457 e. The van der Waals surface area contributed by atoms with E-state index in [9.17, 15) is 0 Å². The Morgan fingerprint density at radius 1 is 0.676 bits per heavy atom. The number of fused-ring (bicyclic) bond motifs is 6. The van der Waals surface area contributed by atoms with Crippen LogP contribution in [0.3, 0.4) is 0 Å². The highest BCUT2D eigenvalue weighted by molar-refractivity contribution is 6.30. The predicted molar refractivity (Wildman–Crippen MR) is 155 cm³/mol. The first-order chi connectivity index (χ1) is 18.1. The second kappa shape index (κ2) is 8.62. The third kappa shape index (κ3) is 3.76. The number of benzene rings is 6. The monoisotopic (exact) mass is 499 g/mol. The summed E-state index contributed by atoms with van der Waals surface area (Å²) < 4.78 is 6.42. The average molecular weight is 500 g/mol. The predicted octanol–water partition coefficient (Wildman–Crippen LogP) is 8.93. The van der Waals surface area contributed by atoms with Crippen molar-refractivity contribution in [3.05, 3.63) is 131 Å². The Labute approximate surface area is 221 Å². The van der Waals surface area contributed by atoms with Crippen molar-refractivity contribution in [3.8, 4) is 11.5 Å². The summed E-state index contributed by atoms with van der Waals surface area (Å²) in [7, 11) is 0. The van der Waals surface area contributed by atoms with Gasteiger partial charge in [0.05, 0.1) is 0 Å². The van der Waals surface area contributed by atoms with E-state index >= 15 is 0 Å². The highest BCUT2D eigenvalue weighted by Crippen LogP contribution is 2.43. The zero-order valence-corrected chi connectivity index (χ0v) is 21.1. The molecule has 7 rings (SSSR count). The topological polar surface area (TPSA) is 35.2 Å². The molecule has 0 bridgehead atoms. The van der Waals surface area contributed by atoms with E-state index in [4.69, 9.17) is 22.1 Å². The highest BCUT2D eigenvalue weighted by atomic mass is 35.5. The van der Waals surface area contributed by atoms with Crippen molar-refractivity contribution in [2.24, 2.45) is 5.73 Å². The van der Waals surface area contributed by atoms with Crippen LogP contribution in [0.1, 0.15) is 23.1 Å². The fourth-order valence-corrected chi connectivity index (χ4v) is 6.22. The molecule has 1 atom stereocenters. The van der Waals surface area contributed by atoms with Crippen molar-refractivity contribution in [1.29, 1.82) is 0 Å². The summed E-state index contributed by atoms with van der Waals surface area (Å²) in [6.45, 7) is 0. The van der Waals surface area contributed by atoms with Gasteiger partial charge in [-0.2, -0.15) is 0 Å². The minimum atomic E-state index is -0.402. The standard InChI is InChI=1S/C34H26ClNO/c35-24-13-15-25(16-14-24)37-33-20-31-26-18-19-34(36,32-11-5-7-22-6-1-2-8-27(22)32)21-23(26)12-17-29(31)28-9-3-4-10-30(28)33/h1-17,20H,18-19,21,36H2. The lowest BCUT2D eigenvalue weighted by Gasteiger charge is -2.37. The van der Waals surface area contributed by atoms with Gasteiger partial charge in [-0.25, -0.2) is 0 Å². The van der Waals surface area contributed by atoms with E-state index in [1.165, 1.54) is 43.6 Å². The molecule has 0 amide bonds. The molecule has 3 heteroatoms. The molecular formula is C34H26ClNO. The van der Waals surface area contributed by atoms with Crippen LogP contribution >= 0.6 is 11.6 Å². The van der Waals surface area contributed by atoms with E-state index < -0.39 is 5.54 Å². The molecule has 2 nitrogen and oxygen atoms in total. The van der Waals surface area contributed by atoms with Gasteiger partial charge < -0.3 is 10.5 Å². The van der Waals surface area contributed by atoms with E-state index in [0.29, 0.717) is 5.02 Å². The second-order valence-electron chi connectivity index (χ2n) is 10.1. The fourth-order valence-electron chi connectivity index (χ4n) is 6.09. The van der Waals surface area contributed by atoms with Gasteiger partial charge in [0, 0.05) is 15.9 Å². The highest BCUT2D eigenvalue weighted by Gasteiger charge is 2.34. The summed E-state index contributed by atoms with van der Waals surface area (Å²) >= 11 is 6.10. The molecule has 37 heavy (non-hydrogen) atoms. The maximum absolute atomic E-state index is 7.20.